The zero-order valence-corrected chi connectivity index (χ0v) is 17.2. The van der Waals surface area contributed by atoms with Crippen LogP contribution in [0.25, 0.3) is 10.8 Å². The summed E-state index contributed by atoms with van der Waals surface area (Å²) in [6.45, 7) is 6.93. The molecule has 1 amide bonds. The van der Waals surface area contributed by atoms with Crippen molar-refractivity contribution < 1.29 is 4.79 Å². The minimum atomic E-state index is -0.0821. The fourth-order valence-corrected chi connectivity index (χ4v) is 3.31. The molecule has 0 atom stereocenters. The Hall–Kier alpha value is -2.59. The van der Waals surface area contributed by atoms with Crippen LogP contribution in [0.5, 0.6) is 0 Å². The third-order valence-electron chi connectivity index (χ3n) is 4.49. The average Bonchev–Trinajstić information content (AvgIpc) is 2.63. The van der Waals surface area contributed by atoms with Gasteiger partial charge in [0.1, 0.15) is 0 Å². The van der Waals surface area contributed by atoms with Gasteiger partial charge in [-0.25, -0.2) is 0 Å². The number of aromatic nitrogens is 1. The van der Waals surface area contributed by atoms with Gasteiger partial charge in [0.2, 0.25) is 5.91 Å². The van der Waals surface area contributed by atoms with Gasteiger partial charge in [-0.05, 0) is 47.7 Å². The number of rotatable bonds is 5. The predicted octanol–water partition coefficient (Wildman–Crippen LogP) is 5.27. The van der Waals surface area contributed by atoms with Crippen LogP contribution in [0.4, 0.5) is 5.69 Å². The van der Waals surface area contributed by atoms with Crippen molar-refractivity contribution in [3.63, 3.8) is 0 Å². The number of halogens is 1. The molecule has 0 aliphatic carbocycles. The lowest BCUT2D eigenvalue weighted by atomic mass is 9.96. The number of amides is 1. The van der Waals surface area contributed by atoms with E-state index in [1.165, 1.54) is 0 Å². The zero-order chi connectivity index (χ0) is 20.3. The van der Waals surface area contributed by atoms with Gasteiger partial charge in [0.05, 0.1) is 0 Å². The minimum absolute atomic E-state index is 0.00496. The van der Waals surface area contributed by atoms with Gasteiger partial charge in [-0.2, -0.15) is 0 Å². The average molecular weight is 397 g/mol. The van der Waals surface area contributed by atoms with Crippen LogP contribution in [0.3, 0.4) is 0 Å². The second kappa shape index (κ2) is 8.19. The molecule has 0 bridgehead atoms. The molecule has 0 fully saturated rings. The van der Waals surface area contributed by atoms with Gasteiger partial charge in [0.25, 0.3) is 5.56 Å². The second-order valence-electron chi connectivity index (χ2n) is 8.25. The zero-order valence-electron chi connectivity index (χ0n) is 16.5. The number of carbonyl (C=O) groups excluding carboxylic acids is 1. The molecule has 0 saturated carbocycles. The third-order valence-corrected chi connectivity index (χ3v) is 4.74. The van der Waals surface area contributed by atoms with E-state index in [-0.39, 0.29) is 16.9 Å². The number of nitrogens with zero attached hydrogens (tertiary/aromatic N) is 1. The molecule has 146 valence electrons. The molecule has 2 aromatic carbocycles. The van der Waals surface area contributed by atoms with Crippen LogP contribution in [0, 0.1) is 5.41 Å². The van der Waals surface area contributed by atoms with E-state index in [1.54, 1.807) is 22.9 Å². The summed E-state index contributed by atoms with van der Waals surface area (Å²) in [4.78, 5) is 25.2. The quantitative estimate of drug-likeness (QED) is 0.638. The Morgan fingerprint density at radius 3 is 2.43 bits per heavy atom. The van der Waals surface area contributed by atoms with E-state index in [9.17, 15) is 9.59 Å². The number of carbonyl (C=O) groups is 1. The molecule has 0 unspecified atom stereocenters. The molecule has 1 heterocycles. The molecule has 0 aliphatic heterocycles. The standard InChI is InChI=1S/C23H25ClN2O2/c1-23(2,3)15-26-14-13-18-19(22(26)28)5-4-6-20(18)25-21(27)12-9-16-7-10-17(24)11-8-16/h4-8,10-11,13-14H,9,12,15H2,1-3H3,(H,25,27). The molecule has 3 aromatic rings. The first-order valence-electron chi connectivity index (χ1n) is 9.39. The predicted molar refractivity (Wildman–Crippen MR) is 116 cm³/mol. The van der Waals surface area contributed by atoms with Crippen molar-refractivity contribution >= 4 is 34.0 Å². The van der Waals surface area contributed by atoms with Crippen LogP contribution in [0.2, 0.25) is 5.02 Å². The highest BCUT2D eigenvalue weighted by Gasteiger charge is 2.14. The van der Waals surface area contributed by atoms with Crippen LogP contribution in [0.15, 0.2) is 59.5 Å². The van der Waals surface area contributed by atoms with Gasteiger partial charge in [-0.15, -0.1) is 0 Å². The first kappa shape index (κ1) is 20.2. The Bertz CT molecular complexity index is 1050. The fourth-order valence-electron chi connectivity index (χ4n) is 3.18. The van der Waals surface area contributed by atoms with Crippen LogP contribution < -0.4 is 10.9 Å². The number of aryl methyl sites for hydroxylation is 1. The lowest BCUT2D eigenvalue weighted by Crippen LogP contribution is -2.26. The van der Waals surface area contributed by atoms with E-state index in [4.69, 9.17) is 11.6 Å². The van der Waals surface area contributed by atoms with E-state index in [0.29, 0.717) is 35.5 Å². The largest absolute Gasteiger partial charge is 0.326 e. The molecular weight excluding hydrogens is 372 g/mol. The van der Waals surface area contributed by atoms with Gasteiger partial charge in [0, 0.05) is 40.6 Å². The Morgan fingerprint density at radius 1 is 1.04 bits per heavy atom. The molecule has 28 heavy (non-hydrogen) atoms. The maximum atomic E-state index is 12.8. The molecule has 5 heteroatoms. The molecule has 0 spiro atoms. The molecule has 4 nitrogen and oxygen atoms in total. The van der Waals surface area contributed by atoms with Crippen molar-refractivity contribution in [2.45, 2.75) is 40.2 Å². The van der Waals surface area contributed by atoms with Gasteiger partial charge >= 0.3 is 0 Å². The summed E-state index contributed by atoms with van der Waals surface area (Å²) in [5.74, 6) is -0.0821. The first-order valence-corrected chi connectivity index (χ1v) is 9.77. The lowest BCUT2D eigenvalue weighted by molar-refractivity contribution is -0.116. The van der Waals surface area contributed by atoms with E-state index >= 15 is 0 Å². The Morgan fingerprint density at radius 2 is 1.75 bits per heavy atom. The fraction of sp³-hybridized carbons (Fsp3) is 0.304. The molecular formula is C23H25ClN2O2. The second-order valence-corrected chi connectivity index (χ2v) is 8.69. The smallest absolute Gasteiger partial charge is 0.258 e. The number of nitrogens with one attached hydrogen (secondary N) is 1. The van der Waals surface area contributed by atoms with E-state index < -0.39 is 0 Å². The van der Waals surface area contributed by atoms with Gasteiger partial charge in [-0.1, -0.05) is 50.6 Å². The van der Waals surface area contributed by atoms with E-state index in [0.717, 1.165) is 10.9 Å². The first-order chi connectivity index (χ1) is 13.2. The lowest BCUT2D eigenvalue weighted by Gasteiger charge is -2.20. The molecule has 3 rings (SSSR count). The number of hydrogen-bond acceptors (Lipinski definition) is 2. The van der Waals surface area contributed by atoms with Crippen LogP contribution >= 0.6 is 11.6 Å². The number of benzene rings is 2. The molecule has 0 saturated heterocycles. The summed E-state index contributed by atoms with van der Waals surface area (Å²) < 4.78 is 1.73. The monoisotopic (exact) mass is 396 g/mol. The molecule has 0 radical (unpaired) electrons. The van der Waals surface area contributed by atoms with Crippen LogP contribution in [0.1, 0.15) is 32.8 Å². The van der Waals surface area contributed by atoms with Crippen LogP contribution in [-0.4, -0.2) is 10.5 Å². The SMILES string of the molecule is CC(C)(C)Cn1ccc2c(NC(=O)CCc3ccc(Cl)cc3)cccc2c1=O. The van der Waals surface area contributed by atoms with Gasteiger partial charge < -0.3 is 9.88 Å². The molecule has 0 aliphatic rings. The Kier molecular flexibility index (Phi) is 5.90. The molecule has 1 N–H and O–H groups in total. The van der Waals surface area contributed by atoms with E-state index in [2.05, 4.69) is 26.1 Å². The minimum Gasteiger partial charge on any atom is -0.326 e. The number of pyridine rings is 1. The maximum Gasteiger partial charge on any atom is 0.258 e. The highest BCUT2D eigenvalue weighted by atomic mass is 35.5. The van der Waals surface area contributed by atoms with E-state index in [1.807, 2.05) is 36.4 Å². The summed E-state index contributed by atoms with van der Waals surface area (Å²) in [7, 11) is 0. The number of fused-ring (bicyclic) bond motifs is 1. The summed E-state index contributed by atoms with van der Waals surface area (Å²) in [6, 6.07) is 14.8. The summed E-state index contributed by atoms with van der Waals surface area (Å²) in [5, 5.41) is 5.00. The highest BCUT2D eigenvalue weighted by molar-refractivity contribution is 6.30. The Balaban J connectivity index is 1.77. The third kappa shape index (κ3) is 5.02. The molecule has 1 aromatic heterocycles. The van der Waals surface area contributed by atoms with Crippen molar-refractivity contribution in [1.29, 1.82) is 0 Å². The topological polar surface area (TPSA) is 51.1 Å². The maximum absolute atomic E-state index is 12.8. The van der Waals surface area contributed by atoms with Gasteiger partial charge in [0.15, 0.2) is 0 Å². The summed E-state index contributed by atoms with van der Waals surface area (Å²) >= 11 is 5.89. The number of hydrogen-bond donors (Lipinski definition) is 1. The normalized spacial score (nSPS) is 11.6. The van der Waals surface area contributed by atoms with Crippen molar-refractivity contribution in [3.05, 3.63) is 75.7 Å². The number of anilines is 1. The highest BCUT2D eigenvalue weighted by Crippen LogP contribution is 2.22. The van der Waals surface area contributed by atoms with Gasteiger partial charge in [-0.3, -0.25) is 9.59 Å². The summed E-state index contributed by atoms with van der Waals surface area (Å²) in [5.41, 5.74) is 1.69. The van der Waals surface area contributed by atoms with Crippen molar-refractivity contribution in [1.82, 2.24) is 4.57 Å². The summed E-state index contributed by atoms with van der Waals surface area (Å²) in [6.07, 6.45) is 2.80. The Labute approximate surface area is 170 Å². The van der Waals surface area contributed by atoms with Crippen molar-refractivity contribution in [3.8, 4) is 0 Å². The van der Waals surface area contributed by atoms with Crippen LogP contribution in [-0.2, 0) is 17.8 Å². The van der Waals surface area contributed by atoms with Crippen molar-refractivity contribution in [2.75, 3.05) is 5.32 Å². The van der Waals surface area contributed by atoms with Crippen molar-refractivity contribution in [2.24, 2.45) is 5.41 Å².